The molecule has 3 aromatic rings. The number of pyridine rings is 2. The van der Waals surface area contributed by atoms with Crippen LogP contribution in [0.4, 0.5) is 24.8 Å². The summed E-state index contributed by atoms with van der Waals surface area (Å²) in [6.45, 7) is 5.93. The lowest BCUT2D eigenvalue weighted by molar-refractivity contribution is -0.190. The Morgan fingerprint density at radius 1 is 1.04 bits per heavy atom. The molecule has 2 aliphatic heterocycles. The fourth-order valence-electron chi connectivity index (χ4n) is 6.23. The summed E-state index contributed by atoms with van der Waals surface area (Å²) in [7, 11) is -4.33. The van der Waals surface area contributed by atoms with Crippen molar-refractivity contribution in [2.45, 2.75) is 81.6 Å². The van der Waals surface area contributed by atoms with Gasteiger partial charge in [0.2, 0.25) is 5.88 Å². The zero-order valence-electron chi connectivity index (χ0n) is 26.3. The number of nitrogens with one attached hydrogen (secondary N) is 3. The second-order valence-electron chi connectivity index (χ2n) is 13.1. The Bertz CT molecular complexity index is 1730. The van der Waals surface area contributed by atoms with Gasteiger partial charge in [-0.2, -0.15) is 21.6 Å². The number of sulfonamides is 1. The second kappa shape index (κ2) is 12.6. The first-order chi connectivity index (χ1) is 22.3. The molecule has 12 nitrogen and oxygen atoms in total. The number of aromatic nitrogens is 4. The van der Waals surface area contributed by atoms with Gasteiger partial charge in [-0.25, -0.2) is 19.4 Å². The molecule has 3 N–H and O–H groups in total. The van der Waals surface area contributed by atoms with E-state index in [1.165, 1.54) is 28.9 Å². The maximum atomic E-state index is 13.7. The smallest absolute Gasteiger partial charge is 0.394 e. The zero-order chi connectivity index (χ0) is 33.5. The van der Waals surface area contributed by atoms with E-state index in [9.17, 15) is 26.4 Å². The molecule has 47 heavy (non-hydrogen) atoms. The van der Waals surface area contributed by atoms with E-state index < -0.39 is 33.1 Å². The quantitative estimate of drug-likeness (QED) is 0.355. The van der Waals surface area contributed by atoms with Crippen LogP contribution >= 0.6 is 0 Å². The number of rotatable bonds is 5. The topological polar surface area (TPSA) is 143 Å². The van der Waals surface area contributed by atoms with Gasteiger partial charge in [-0.1, -0.05) is 12.5 Å². The summed E-state index contributed by atoms with van der Waals surface area (Å²) in [6.07, 6.45) is 0.947. The molecule has 1 atom stereocenters. The maximum absolute atomic E-state index is 13.7. The molecule has 6 rings (SSSR count). The van der Waals surface area contributed by atoms with Crippen LogP contribution in [-0.4, -0.2) is 78.1 Å². The molecule has 1 saturated heterocycles. The van der Waals surface area contributed by atoms with Crippen molar-refractivity contribution < 1.29 is 31.1 Å². The summed E-state index contributed by atoms with van der Waals surface area (Å²) >= 11 is 0. The molecule has 5 heterocycles. The van der Waals surface area contributed by atoms with Crippen molar-refractivity contribution in [1.82, 2.24) is 29.8 Å². The van der Waals surface area contributed by atoms with Gasteiger partial charge in [0.25, 0.3) is 15.9 Å². The molecule has 254 valence electrons. The fourth-order valence-corrected chi connectivity index (χ4v) is 7.17. The molecule has 1 aliphatic carbocycles. The van der Waals surface area contributed by atoms with Crippen molar-refractivity contribution in [1.29, 1.82) is 0 Å². The summed E-state index contributed by atoms with van der Waals surface area (Å²) < 4.78 is 75.7. The minimum atomic E-state index is -4.33. The average Bonchev–Trinajstić information content (AvgIpc) is 3.56. The molecule has 0 spiro atoms. The van der Waals surface area contributed by atoms with E-state index in [4.69, 9.17) is 9.72 Å². The van der Waals surface area contributed by atoms with Crippen molar-refractivity contribution in [3.8, 4) is 11.7 Å². The lowest BCUT2D eigenvalue weighted by atomic mass is 9.99. The van der Waals surface area contributed by atoms with Gasteiger partial charge in [0.1, 0.15) is 11.6 Å². The lowest BCUT2D eigenvalue weighted by Gasteiger charge is -2.33. The van der Waals surface area contributed by atoms with E-state index in [1.807, 2.05) is 18.7 Å². The molecular formula is C31H39F3N8O4S. The molecule has 2 fully saturated rings. The molecule has 1 amide bonds. The first-order valence-corrected chi connectivity index (χ1v) is 17.3. The molecule has 16 heteroatoms. The van der Waals surface area contributed by atoms with Crippen molar-refractivity contribution in [2.75, 3.05) is 36.5 Å². The number of carbonyl (C=O) groups excluding carboxylic acids is 1. The minimum absolute atomic E-state index is 0.0481. The van der Waals surface area contributed by atoms with Crippen LogP contribution in [0.1, 0.15) is 69.2 Å². The third-order valence-corrected chi connectivity index (χ3v) is 10.4. The highest BCUT2D eigenvalue weighted by Crippen LogP contribution is 2.59. The molecule has 1 saturated carbocycles. The van der Waals surface area contributed by atoms with Crippen LogP contribution in [0.15, 0.2) is 47.6 Å². The Hall–Kier alpha value is -3.92. The summed E-state index contributed by atoms with van der Waals surface area (Å²) in [6, 6.07) is 9.22. The first-order valence-electron chi connectivity index (χ1n) is 15.8. The summed E-state index contributed by atoms with van der Waals surface area (Å²) in [5.74, 6) is 0.260. The van der Waals surface area contributed by atoms with Gasteiger partial charge < -0.3 is 20.3 Å². The van der Waals surface area contributed by atoms with Crippen LogP contribution in [0.5, 0.6) is 5.88 Å². The number of alkyl halides is 3. The molecule has 0 radical (unpaired) electrons. The minimum Gasteiger partial charge on any atom is -0.477 e. The Morgan fingerprint density at radius 2 is 1.83 bits per heavy atom. The second-order valence-corrected chi connectivity index (χ2v) is 14.7. The molecule has 3 aliphatic rings. The number of hydrogen-bond donors (Lipinski definition) is 3. The Labute approximate surface area is 271 Å². The predicted octanol–water partition coefficient (Wildman–Crippen LogP) is 4.44. The summed E-state index contributed by atoms with van der Waals surface area (Å²) in [5.41, 5.74) is -2.07. The largest absolute Gasteiger partial charge is 0.477 e. The Balaban J connectivity index is 1.29. The summed E-state index contributed by atoms with van der Waals surface area (Å²) in [4.78, 5) is 24.7. The molecule has 0 aromatic carbocycles. The van der Waals surface area contributed by atoms with E-state index in [-0.39, 0.29) is 54.2 Å². The lowest BCUT2D eigenvalue weighted by Crippen LogP contribution is -2.41. The predicted molar refractivity (Wildman–Crippen MR) is 168 cm³/mol. The number of nitrogens with zero attached hydrogens (tertiary/aromatic N) is 5. The fraction of sp³-hybridized carbons (Fsp3) is 0.548. The number of anilines is 2. The van der Waals surface area contributed by atoms with E-state index >= 15 is 0 Å². The van der Waals surface area contributed by atoms with Crippen molar-refractivity contribution in [3.63, 3.8) is 0 Å². The van der Waals surface area contributed by atoms with E-state index in [0.29, 0.717) is 24.7 Å². The van der Waals surface area contributed by atoms with Crippen LogP contribution < -0.4 is 25.0 Å². The van der Waals surface area contributed by atoms with E-state index in [0.717, 1.165) is 32.2 Å². The van der Waals surface area contributed by atoms with Crippen molar-refractivity contribution in [2.24, 2.45) is 5.41 Å². The van der Waals surface area contributed by atoms with Gasteiger partial charge in [-0.15, -0.1) is 5.10 Å². The highest BCUT2D eigenvalue weighted by molar-refractivity contribution is 7.90. The van der Waals surface area contributed by atoms with E-state index in [2.05, 4.69) is 25.4 Å². The van der Waals surface area contributed by atoms with Crippen LogP contribution in [-0.2, 0) is 10.0 Å². The third-order valence-electron chi connectivity index (χ3n) is 9.14. The highest BCUT2D eigenvalue weighted by atomic mass is 32.2. The SMILES string of the molecule is CC1(C)CC2CN1c1nc(-n3ccc(OCCC4(C(F)(F)F)CC4)n3)ccc1C(=O)NS(=O)(=O)c1cccc(n1)NCCCCCN2. The van der Waals surface area contributed by atoms with Crippen LogP contribution in [0.25, 0.3) is 5.82 Å². The number of hydrogen-bond acceptors (Lipinski definition) is 10. The zero-order valence-corrected chi connectivity index (χ0v) is 27.1. The van der Waals surface area contributed by atoms with Crippen molar-refractivity contribution in [3.05, 3.63) is 48.2 Å². The van der Waals surface area contributed by atoms with Crippen LogP contribution in [0.2, 0.25) is 0 Å². The van der Waals surface area contributed by atoms with Crippen LogP contribution in [0.3, 0.4) is 0 Å². The number of amides is 1. The standard InChI is InChI=1S/C31H39F3N8O4S/c1-29(2)19-21-20-41(29)27-22(28(43)40-47(44,45)26-8-6-7-23(37-26)36-16-5-3-4-15-35-21)9-10-24(38-27)42-17-11-25(39-42)46-18-14-30(12-13-30)31(32,33)34/h6-11,17,21,35H,3-5,12-16,18-20H2,1-2H3,(H,36,37)(H,40,43). The normalized spacial score (nSPS) is 22.3. The third kappa shape index (κ3) is 7.17. The number of halogens is 3. The molecule has 4 bridgehead atoms. The van der Waals surface area contributed by atoms with Gasteiger partial charge in [-0.3, -0.25) is 4.79 Å². The number of fused-ring (bicyclic) bond motifs is 6. The molecule has 3 aromatic heterocycles. The van der Waals surface area contributed by atoms with Crippen LogP contribution in [0, 0.1) is 5.41 Å². The maximum Gasteiger partial charge on any atom is 0.394 e. The monoisotopic (exact) mass is 676 g/mol. The van der Waals surface area contributed by atoms with Crippen molar-refractivity contribution >= 4 is 27.6 Å². The van der Waals surface area contributed by atoms with Gasteiger partial charge in [0.05, 0.1) is 17.6 Å². The van der Waals surface area contributed by atoms with Gasteiger partial charge in [-0.05, 0) is 83.2 Å². The number of carbonyl (C=O) groups is 1. The van der Waals surface area contributed by atoms with Gasteiger partial charge in [0, 0.05) is 36.9 Å². The molecular weight excluding hydrogens is 637 g/mol. The Kier molecular flexibility index (Phi) is 8.84. The van der Waals surface area contributed by atoms with E-state index in [1.54, 1.807) is 18.3 Å². The number of ether oxygens (including phenoxy) is 1. The highest BCUT2D eigenvalue weighted by Gasteiger charge is 2.62. The molecule has 1 unspecified atom stereocenters. The van der Waals surface area contributed by atoms with Gasteiger partial charge >= 0.3 is 6.18 Å². The first kappa shape index (κ1) is 33.0. The summed E-state index contributed by atoms with van der Waals surface area (Å²) in [5, 5.41) is 10.8. The van der Waals surface area contributed by atoms with Gasteiger partial charge in [0.15, 0.2) is 10.8 Å². The Morgan fingerprint density at radius 3 is 2.60 bits per heavy atom. The average molecular weight is 677 g/mol.